The molecule has 1 aliphatic heterocycles. The van der Waals surface area contributed by atoms with Crippen molar-refractivity contribution < 1.29 is 19.0 Å². The molecule has 0 spiro atoms. The molecule has 3 aromatic rings. The molecule has 1 unspecified atom stereocenters. The monoisotopic (exact) mass is 433 g/mol. The van der Waals surface area contributed by atoms with E-state index in [1.165, 1.54) is 0 Å². The van der Waals surface area contributed by atoms with E-state index in [1.54, 1.807) is 13.2 Å². The van der Waals surface area contributed by atoms with Gasteiger partial charge in [0.05, 0.1) is 36.4 Å². The Hall–Kier alpha value is -3.74. The van der Waals surface area contributed by atoms with Crippen LogP contribution in [0.4, 0.5) is 5.95 Å². The minimum absolute atomic E-state index is 0.132. The minimum Gasteiger partial charge on any atom is -0.493 e. The summed E-state index contributed by atoms with van der Waals surface area (Å²) in [4.78, 5) is 17.9. The van der Waals surface area contributed by atoms with Gasteiger partial charge in [-0.1, -0.05) is 37.8 Å². The van der Waals surface area contributed by atoms with Gasteiger partial charge >= 0.3 is 5.97 Å². The van der Waals surface area contributed by atoms with Crippen LogP contribution in [-0.2, 0) is 9.53 Å². The minimum atomic E-state index is -0.454. The fourth-order valence-electron chi connectivity index (χ4n) is 3.94. The van der Waals surface area contributed by atoms with Crippen LogP contribution < -0.4 is 14.8 Å². The molecular weight excluding hydrogens is 406 g/mol. The number of nitrogens with one attached hydrogen (secondary N) is 1. The Balaban J connectivity index is 1.89. The highest BCUT2D eigenvalue weighted by Crippen LogP contribution is 2.41. The average molecular weight is 434 g/mol. The second kappa shape index (κ2) is 9.18. The van der Waals surface area contributed by atoms with Gasteiger partial charge in [0.25, 0.3) is 0 Å². The molecule has 4 rings (SSSR count). The fourth-order valence-corrected chi connectivity index (χ4v) is 3.94. The summed E-state index contributed by atoms with van der Waals surface area (Å²) in [6.45, 7) is 8.28. The number of esters is 1. The number of hydrogen-bond donors (Lipinski definition) is 1. The second-order valence-corrected chi connectivity index (χ2v) is 7.51. The molecule has 32 heavy (non-hydrogen) atoms. The highest BCUT2D eigenvalue weighted by Gasteiger charge is 2.35. The first kappa shape index (κ1) is 21.5. The van der Waals surface area contributed by atoms with E-state index in [0.717, 1.165) is 23.0 Å². The van der Waals surface area contributed by atoms with Crippen LogP contribution in [0.3, 0.4) is 0 Å². The highest BCUT2D eigenvalue weighted by atomic mass is 16.5. The van der Waals surface area contributed by atoms with E-state index < -0.39 is 12.0 Å². The third-order valence-electron chi connectivity index (χ3n) is 5.35. The second-order valence-electron chi connectivity index (χ2n) is 7.51. The number of ether oxygens (including phenoxy) is 3. The molecule has 1 aliphatic rings. The van der Waals surface area contributed by atoms with Crippen LogP contribution in [-0.4, -0.2) is 35.8 Å². The number of aromatic nitrogens is 2. The molecule has 1 atom stereocenters. The van der Waals surface area contributed by atoms with Gasteiger partial charge in [-0.3, -0.25) is 4.57 Å². The average Bonchev–Trinajstić information content (AvgIpc) is 3.18. The number of anilines is 1. The molecule has 7 nitrogen and oxygen atoms in total. The standard InChI is InChI=1S/C25H27N3O4/c1-5-13-31-20-12-11-17(15-21(20)30-4)23-22(24(29)32-14-6-2)16(3)26-25-27-18-9-7-8-10-19(18)28(23)25/h6-12,15,23H,2,5,13-14H2,1,3-4H3,(H,26,27). The van der Waals surface area contributed by atoms with Gasteiger partial charge < -0.3 is 19.5 Å². The topological polar surface area (TPSA) is 74.6 Å². The molecular formula is C25H27N3O4. The number of carbonyl (C=O) groups excluding carboxylic acids is 1. The van der Waals surface area contributed by atoms with Crippen molar-refractivity contribution in [1.29, 1.82) is 0 Å². The largest absolute Gasteiger partial charge is 0.493 e. The molecule has 2 heterocycles. The smallest absolute Gasteiger partial charge is 0.338 e. The van der Waals surface area contributed by atoms with E-state index in [1.807, 2.05) is 54.0 Å². The van der Waals surface area contributed by atoms with Gasteiger partial charge in [-0.25, -0.2) is 9.78 Å². The Labute approximate surface area is 187 Å². The number of nitrogens with zero attached hydrogens (tertiary/aromatic N) is 2. The molecule has 0 aliphatic carbocycles. The third-order valence-corrected chi connectivity index (χ3v) is 5.35. The molecule has 0 bridgehead atoms. The van der Waals surface area contributed by atoms with Crippen LogP contribution in [0, 0.1) is 0 Å². The molecule has 0 fully saturated rings. The molecule has 1 N–H and O–H groups in total. The summed E-state index contributed by atoms with van der Waals surface area (Å²) in [5.41, 5.74) is 3.81. The van der Waals surface area contributed by atoms with Crippen molar-refractivity contribution in [2.75, 3.05) is 25.6 Å². The normalized spacial score (nSPS) is 15.2. The number of carbonyl (C=O) groups is 1. The van der Waals surface area contributed by atoms with Crippen LogP contribution in [0.5, 0.6) is 11.5 Å². The summed E-state index contributed by atoms with van der Waals surface area (Å²) < 4.78 is 18.9. The van der Waals surface area contributed by atoms with Gasteiger partial charge in [-0.2, -0.15) is 0 Å². The first-order chi connectivity index (χ1) is 15.6. The lowest BCUT2D eigenvalue weighted by molar-refractivity contribution is -0.138. The fraction of sp³-hybridized carbons (Fsp3) is 0.280. The number of methoxy groups -OCH3 is 1. The zero-order valence-corrected chi connectivity index (χ0v) is 18.6. The van der Waals surface area contributed by atoms with Gasteiger partial charge in [0.15, 0.2) is 11.5 Å². The van der Waals surface area contributed by atoms with E-state index in [2.05, 4.69) is 18.8 Å². The molecule has 0 saturated heterocycles. The van der Waals surface area contributed by atoms with Crippen LogP contribution in [0.25, 0.3) is 11.0 Å². The van der Waals surface area contributed by atoms with Crippen LogP contribution in [0.1, 0.15) is 31.9 Å². The zero-order valence-electron chi connectivity index (χ0n) is 18.6. The Bertz CT molecular complexity index is 1200. The number of rotatable bonds is 8. The van der Waals surface area contributed by atoms with E-state index >= 15 is 0 Å². The van der Waals surface area contributed by atoms with Crippen molar-refractivity contribution in [3.63, 3.8) is 0 Å². The Kier molecular flexibility index (Phi) is 6.16. The van der Waals surface area contributed by atoms with Gasteiger partial charge in [0.1, 0.15) is 6.61 Å². The van der Waals surface area contributed by atoms with Crippen molar-refractivity contribution in [2.24, 2.45) is 0 Å². The SMILES string of the molecule is C=CCOC(=O)C1=C(C)Nc2nc3ccccc3n2C1c1ccc(OCCC)c(OC)c1. The van der Waals surface area contributed by atoms with Crippen LogP contribution in [0.15, 0.2) is 66.4 Å². The third kappa shape index (κ3) is 3.82. The van der Waals surface area contributed by atoms with Crippen LogP contribution in [0.2, 0.25) is 0 Å². The molecule has 2 aromatic carbocycles. The molecule has 0 radical (unpaired) electrons. The quantitative estimate of drug-likeness (QED) is 0.404. The zero-order chi connectivity index (χ0) is 22.7. The van der Waals surface area contributed by atoms with Gasteiger partial charge in [0.2, 0.25) is 5.95 Å². The van der Waals surface area contributed by atoms with Gasteiger partial charge in [0, 0.05) is 5.70 Å². The number of para-hydroxylation sites is 2. The summed E-state index contributed by atoms with van der Waals surface area (Å²) in [5, 5.41) is 3.27. The molecule has 7 heteroatoms. The molecule has 0 saturated carbocycles. The summed E-state index contributed by atoms with van der Waals surface area (Å²) in [7, 11) is 1.61. The predicted molar refractivity (Wildman–Crippen MR) is 124 cm³/mol. The van der Waals surface area contributed by atoms with E-state index in [4.69, 9.17) is 19.2 Å². The number of hydrogen-bond acceptors (Lipinski definition) is 6. The predicted octanol–water partition coefficient (Wildman–Crippen LogP) is 4.85. The van der Waals surface area contributed by atoms with Gasteiger partial charge in [-0.05, 0) is 43.2 Å². The number of allylic oxidation sites excluding steroid dienone is 1. The Morgan fingerprint density at radius 2 is 2.06 bits per heavy atom. The van der Waals surface area contributed by atoms with Gasteiger partial charge in [-0.15, -0.1) is 0 Å². The summed E-state index contributed by atoms with van der Waals surface area (Å²) in [5.74, 6) is 1.53. The van der Waals surface area contributed by atoms with Crippen molar-refractivity contribution in [2.45, 2.75) is 26.3 Å². The lowest BCUT2D eigenvalue weighted by atomic mass is 9.94. The number of fused-ring (bicyclic) bond motifs is 3. The summed E-state index contributed by atoms with van der Waals surface area (Å²) in [6, 6.07) is 13.1. The number of benzene rings is 2. The van der Waals surface area contributed by atoms with Crippen molar-refractivity contribution in [3.05, 3.63) is 72.0 Å². The van der Waals surface area contributed by atoms with Crippen molar-refractivity contribution >= 4 is 23.0 Å². The first-order valence-electron chi connectivity index (χ1n) is 10.6. The molecule has 166 valence electrons. The maximum Gasteiger partial charge on any atom is 0.338 e. The van der Waals surface area contributed by atoms with Crippen molar-refractivity contribution in [1.82, 2.24) is 9.55 Å². The molecule has 1 aromatic heterocycles. The lowest BCUT2D eigenvalue weighted by Gasteiger charge is -2.30. The first-order valence-corrected chi connectivity index (χ1v) is 10.6. The summed E-state index contributed by atoms with van der Waals surface area (Å²) >= 11 is 0. The van der Waals surface area contributed by atoms with E-state index in [9.17, 15) is 4.79 Å². The van der Waals surface area contributed by atoms with E-state index in [0.29, 0.717) is 35.3 Å². The maximum atomic E-state index is 13.1. The van der Waals surface area contributed by atoms with Crippen molar-refractivity contribution in [3.8, 4) is 11.5 Å². The highest BCUT2D eigenvalue weighted by molar-refractivity contribution is 5.94. The maximum absolute atomic E-state index is 13.1. The Morgan fingerprint density at radius 1 is 1.25 bits per heavy atom. The molecule has 0 amide bonds. The lowest BCUT2D eigenvalue weighted by Crippen LogP contribution is -2.29. The summed E-state index contributed by atoms with van der Waals surface area (Å²) in [6.07, 6.45) is 2.45. The Morgan fingerprint density at radius 3 is 2.81 bits per heavy atom. The number of imidazole rings is 1. The van der Waals surface area contributed by atoms with Crippen LogP contribution >= 0.6 is 0 Å². The van der Waals surface area contributed by atoms with E-state index in [-0.39, 0.29) is 6.61 Å².